The lowest BCUT2D eigenvalue weighted by Gasteiger charge is -2.08. The highest BCUT2D eigenvalue weighted by Crippen LogP contribution is 2.18. The summed E-state index contributed by atoms with van der Waals surface area (Å²) >= 11 is 0. The van der Waals surface area contributed by atoms with Crippen LogP contribution in [0.3, 0.4) is 0 Å². The first-order valence-corrected chi connectivity index (χ1v) is 5.32. The zero-order valence-electron chi connectivity index (χ0n) is 9.76. The van der Waals surface area contributed by atoms with Gasteiger partial charge in [-0.05, 0) is 18.2 Å². The van der Waals surface area contributed by atoms with Crippen LogP contribution in [0.4, 0.5) is 4.39 Å². The predicted molar refractivity (Wildman–Crippen MR) is 63.4 cm³/mol. The molecule has 0 aliphatic rings. The highest BCUT2D eigenvalue weighted by atomic mass is 19.1. The Kier molecular flexibility index (Phi) is 3.32. The van der Waals surface area contributed by atoms with E-state index < -0.39 is 11.8 Å². The molecule has 0 radical (unpaired) electrons. The molecule has 18 heavy (non-hydrogen) atoms. The number of aromatic nitrogens is 1. The quantitative estimate of drug-likeness (QED) is 0.905. The van der Waals surface area contributed by atoms with Gasteiger partial charge in [0, 0.05) is 17.8 Å². The average molecular weight is 249 g/mol. The average Bonchev–Trinajstić information content (AvgIpc) is 2.80. The molecule has 0 unspecified atom stereocenters. The summed E-state index contributed by atoms with van der Waals surface area (Å²) in [7, 11) is 1.46. The maximum Gasteiger partial charge on any atom is 0.352 e. The van der Waals surface area contributed by atoms with E-state index in [9.17, 15) is 9.18 Å². The number of carboxylic acids is 1. The van der Waals surface area contributed by atoms with Crippen molar-refractivity contribution in [1.82, 2.24) is 4.57 Å². The summed E-state index contributed by atoms with van der Waals surface area (Å²) < 4.78 is 20.1. The van der Waals surface area contributed by atoms with E-state index >= 15 is 0 Å². The van der Waals surface area contributed by atoms with Crippen molar-refractivity contribution in [1.29, 1.82) is 0 Å². The number of hydrogen-bond acceptors (Lipinski definition) is 2. The van der Waals surface area contributed by atoms with E-state index in [2.05, 4.69) is 0 Å². The molecular formula is C13H12FNO3. The Bertz CT molecular complexity index is 577. The summed E-state index contributed by atoms with van der Waals surface area (Å²) in [5.41, 5.74) is 0.541. The molecule has 0 spiro atoms. The SMILES string of the molecule is COc1ccc(Cn2cccc2C(=O)O)c(F)c1. The van der Waals surface area contributed by atoms with Crippen LogP contribution >= 0.6 is 0 Å². The number of nitrogens with zero attached hydrogens (tertiary/aromatic N) is 1. The molecule has 0 fully saturated rings. The molecule has 5 heteroatoms. The smallest absolute Gasteiger partial charge is 0.352 e. The molecule has 0 atom stereocenters. The topological polar surface area (TPSA) is 51.5 Å². The van der Waals surface area contributed by atoms with Crippen LogP contribution in [0.25, 0.3) is 0 Å². The lowest BCUT2D eigenvalue weighted by molar-refractivity contribution is 0.0685. The second kappa shape index (κ2) is 4.91. The maximum atomic E-state index is 13.7. The summed E-state index contributed by atoms with van der Waals surface area (Å²) in [4.78, 5) is 10.9. The lowest BCUT2D eigenvalue weighted by atomic mass is 10.2. The van der Waals surface area contributed by atoms with E-state index in [0.717, 1.165) is 0 Å². The monoisotopic (exact) mass is 249 g/mol. The van der Waals surface area contributed by atoms with Crippen LogP contribution in [0.1, 0.15) is 16.1 Å². The molecular weight excluding hydrogens is 237 g/mol. The number of carbonyl (C=O) groups is 1. The second-order valence-corrected chi connectivity index (χ2v) is 3.78. The molecule has 1 N–H and O–H groups in total. The van der Waals surface area contributed by atoms with Crippen molar-refractivity contribution in [2.45, 2.75) is 6.54 Å². The molecule has 0 saturated heterocycles. The Labute approximate surface area is 103 Å². The minimum absolute atomic E-state index is 0.130. The molecule has 0 saturated carbocycles. The van der Waals surface area contributed by atoms with Gasteiger partial charge in [-0.25, -0.2) is 9.18 Å². The fourth-order valence-electron chi connectivity index (χ4n) is 1.71. The fraction of sp³-hybridized carbons (Fsp3) is 0.154. The van der Waals surface area contributed by atoms with Crippen molar-refractivity contribution in [3.63, 3.8) is 0 Å². The normalized spacial score (nSPS) is 10.3. The van der Waals surface area contributed by atoms with Gasteiger partial charge in [0.1, 0.15) is 17.3 Å². The number of benzene rings is 1. The molecule has 2 rings (SSSR count). The zero-order chi connectivity index (χ0) is 13.1. The number of carboxylic acid groups (broad SMARTS) is 1. The summed E-state index contributed by atoms with van der Waals surface area (Å²) in [6, 6.07) is 7.59. The molecule has 0 bridgehead atoms. The molecule has 2 aromatic rings. The minimum Gasteiger partial charge on any atom is -0.497 e. The first-order valence-electron chi connectivity index (χ1n) is 5.32. The van der Waals surface area contributed by atoms with Crippen LogP contribution in [0.5, 0.6) is 5.75 Å². The van der Waals surface area contributed by atoms with Crippen LogP contribution < -0.4 is 4.74 Å². The Balaban J connectivity index is 2.28. The number of halogens is 1. The minimum atomic E-state index is -1.03. The first kappa shape index (κ1) is 12.2. The third-order valence-electron chi connectivity index (χ3n) is 2.65. The van der Waals surface area contributed by atoms with Gasteiger partial charge in [0.2, 0.25) is 0 Å². The summed E-state index contributed by atoms with van der Waals surface area (Å²) in [5.74, 6) is -1.02. The number of methoxy groups -OCH3 is 1. The Morgan fingerprint density at radius 2 is 2.22 bits per heavy atom. The van der Waals surface area contributed by atoms with Gasteiger partial charge in [-0.1, -0.05) is 6.07 Å². The van der Waals surface area contributed by atoms with Crippen LogP contribution in [0.15, 0.2) is 36.5 Å². The van der Waals surface area contributed by atoms with Gasteiger partial charge in [-0.2, -0.15) is 0 Å². The Hall–Kier alpha value is -2.30. The van der Waals surface area contributed by atoms with Crippen molar-refractivity contribution in [2.24, 2.45) is 0 Å². The van der Waals surface area contributed by atoms with Crippen LogP contribution in [0.2, 0.25) is 0 Å². The van der Waals surface area contributed by atoms with E-state index in [1.165, 1.54) is 23.8 Å². The summed E-state index contributed by atoms with van der Waals surface area (Å²) in [6.07, 6.45) is 1.60. The second-order valence-electron chi connectivity index (χ2n) is 3.78. The third kappa shape index (κ3) is 2.34. The summed E-state index contributed by atoms with van der Waals surface area (Å²) in [6.45, 7) is 0.171. The maximum absolute atomic E-state index is 13.7. The van der Waals surface area contributed by atoms with Gasteiger partial charge in [0.05, 0.1) is 13.7 Å². The van der Waals surface area contributed by atoms with Crippen molar-refractivity contribution in [2.75, 3.05) is 7.11 Å². The lowest BCUT2D eigenvalue weighted by Crippen LogP contribution is -2.09. The van der Waals surface area contributed by atoms with E-state index in [0.29, 0.717) is 11.3 Å². The van der Waals surface area contributed by atoms with Crippen molar-refractivity contribution >= 4 is 5.97 Å². The number of aromatic carboxylic acids is 1. The highest BCUT2D eigenvalue weighted by Gasteiger charge is 2.11. The Morgan fingerprint density at radius 1 is 1.44 bits per heavy atom. The molecule has 0 aliphatic carbocycles. The van der Waals surface area contributed by atoms with E-state index in [-0.39, 0.29) is 12.2 Å². The Morgan fingerprint density at radius 3 is 2.83 bits per heavy atom. The molecule has 1 aromatic carbocycles. The summed E-state index contributed by atoms with van der Waals surface area (Å²) in [5, 5.41) is 8.95. The molecule has 0 aliphatic heterocycles. The number of ether oxygens (including phenoxy) is 1. The van der Waals surface area contributed by atoms with Gasteiger partial charge in [-0.15, -0.1) is 0 Å². The first-order chi connectivity index (χ1) is 8.61. The van der Waals surface area contributed by atoms with Crippen molar-refractivity contribution < 1.29 is 19.0 Å². The highest BCUT2D eigenvalue weighted by molar-refractivity contribution is 5.85. The molecule has 0 amide bonds. The number of hydrogen-bond donors (Lipinski definition) is 1. The van der Waals surface area contributed by atoms with Gasteiger partial charge in [-0.3, -0.25) is 0 Å². The molecule has 1 heterocycles. The zero-order valence-corrected chi connectivity index (χ0v) is 9.76. The molecule has 4 nitrogen and oxygen atoms in total. The fourth-order valence-corrected chi connectivity index (χ4v) is 1.71. The van der Waals surface area contributed by atoms with E-state index in [1.807, 2.05) is 0 Å². The standard InChI is InChI=1S/C13H12FNO3/c1-18-10-5-4-9(11(14)7-10)8-15-6-2-3-12(15)13(16)17/h2-7H,8H2,1H3,(H,16,17). The molecule has 94 valence electrons. The number of rotatable bonds is 4. The van der Waals surface area contributed by atoms with Crippen LogP contribution in [-0.4, -0.2) is 22.8 Å². The van der Waals surface area contributed by atoms with Crippen molar-refractivity contribution in [3.8, 4) is 5.75 Å². The van der Waals surface area contributed by atoms with Gasteiger partial charge in [0.25, 0.3) is 0 Å². The van der Waals surface area contributed by atoms with E-state index in [4.69, 9.17) is 9.84 Å². The van der Waals surface area contributed by atoms with Crippen LogP contribution in [0, 0.1) is 5.82 Å². The van der Waals surface area contributed by atoms with Gasteiger partial charge in [0.15, 0.2) is 0 Å². The predicted octanol–water partition coefficient (Wildman–Crippen LogP) is 2.38. The third-order valence-corrected chi connectivity index (χ3v) is 2.65. The largest absolute Gasteiger partial charge is 0.497 e. The molecule has 1 aromatic heterocycles. The van der Waals surface area contributed by atoms with Gasteiger partial charge < -0.3 is 14.4 Å². The van der Waals surface area contributed by atoms with Crippen molar-refractivity contribution in [3.05, 3.63) is 53.6 Å². The van der Waals surface area contributed by atoms with Crippen LogP contribution in [-0.2, 0) is 6.54 Å². The van der Waals surface area contributed by atoms with Gasteiger partial charge >= 0.3 is 5.97 Å². The van der Waals surface area contributed by atoms with E-state index in [1.54, 1.807) is 24.4 Å².